The molecule has 1 N–H and O–H groups in total. The van der Waals surface area contributed by atoms with Gasteiger partial charge in [-0.2, -0.15) is 0 Å². The highest BCUT2D eigenvalue weighted by Crippen LogP contribution is 2.30. The molecular formula is C14H11Br2Cl2N. The van der Waals surface area contributed by atoms with Crippen molar-refractivity contribution in [2.75, 3.05) is 5.32 Å². The molecule has 0 unspecified atom stereocenters. The van der Waals surface area contributed by atoms with Gasteiger partial charge in [0.2, 0.25) is 0 Å². The summed E-state index contributed by atoms with van der Waals surface area (Å²) >= 11 is 19.1. The van der Waals surface area contributed by atoms with E-state index in [4.69, 9.17) is 23.2 Å². The predicted molar refractivity (Wildman–Crippen MR) is 90.4 cm³/mol. The van der Waals surface area contributed by atoms with Gasteiger partial charge in [0.1, 0.15) is 0 Å². The molecular weight excluding hydrogens is 413 g/mol. The van der Waals surface area contributed by atoms with Crippen molar-refractivity contribution in [3.8, 4) is 0 Å². The van der Waals surface area contributed by atoms with Crippen molar-refractivity contribution in [2.45, 2.75) is 13.5 Å². The zero-order valence-electron chi connectivity index (χ0n) is 10.1. The summed E-state index contributed by atoms with van der Waals surface area (Å²) in [4.78, 5) is 0. The van der Waals surface area contributed by atoms with Gasteiger partial charge < -0.3 is 5.32 Å². The Balaban J connectivity index is 2.14. The molecule has 2 rings (SSSR count). The topological polar surface area (TPSA) is 12.0 Å². The van der Waals surface area contributed by atoms with Crippen LogP contribution in [-0.4, -0.2) is 0 Å². The van der Waals surface area contributed by atoms with E-state index in [1.54, 1.807) is 0 Å². The molecule has 0 aliphatic carbocycles. The van der Waals surface area contributed by atoms with Crippen LogP contribution in [0.3, 0.4) is 0 Å². The monoisotopic (exact) mass is 421 g/mol. The van der Waals surface area contributed by atoms with Gasteiger partial charge in [-0.25, -0.2) is 0 Å². The third kappa shape index (κ3) is 3.88. The average Bonchev–Trinajstić information content (AvgIpc) is 2.36. The zero-order valence-corrected chi connectivity index (χ0v) is 14.8. The molecule has 19 heavy (non-hydrogen) atoms. The Kier molecular flexibility index (Phi) is 5.18. The standard InChI is InChI=1S/C14H11Br2Cl2N/c1-8-4-11(16)14(6-12(8)17)19-7-9-2-3-10(15)13(18)5-9/h2-6,19H,7H2,1H3. The van der Waals surface area contributed by atoms with Crippen LogP contribution in [0.2, 0.25) is 10.0 Å². The van der Waals surface area contributed by atoms with Gasteiger partial charge in [-0.05, 0) is 74.2 Å². The maximum atomic E-state index is 6.13. The third-order valence-electron chi connectivity index (χ3n) is 2.72. The van der Waals surface area contributed by atoms with Crippen LogP contribution in [0.4, 0.5) is 5.69 Å². The molecule has 0 radical (unpaired) electrons. The lowest BCUT2D eigenvalue weighted by Gasteiger charge is -2.11. The average molecular weight is 424 g/mol. The first-order valence-electron chi connectivity index (χ1n) is 5.61. The molecule has 5 heteroatoms. The van der Waals surface area contributed by atoms with Gasteiger partial charge in [0, 0.05) is 20.5 Å². The summed E-state index contributed by atoms with van der Waals surface area (Å²) in [5, 5.41) is 4.80. The first-order valence-corrected chi connectivity index (χ1v) is 7.95. The Morgan fingerprint density at radius 3 is 2.42 bits per heavy atom. The number of aryl methyl sites for hydroxylation is 1. The highest BCUT2D eigenvalue weighted by atomic mass is 79.9. The summed E-state index contributed by atoms with van der Waals surface area (Å²) in [5.41, 5.74) is 3.12. The fourth-order valence-corrected chi connectivity index (χ4v) is 2.84. The molecule has 0 atom stereocenters. The fraction of sp³-hybridized carbons (Fsp3) is 0.143. The van der Waals surface area contributed by atoms with E-state index in [1.807, 2.05) is 37.3 Å². The first kappa shape index (κ1) is 15.2. The largest absolute Gasteiger partial charge is 0.380 e. The molecule has 0 amide bonds. The van der Waals surface area contributed by atoms with Crippen molar-refractivity contribution >= 4 is 60.7 Å². The van der Waals surface area contributed by atoms with E-state index in [1.165, 1.54) is 0 Å². The molecule has 100 valence electrons. The van der Waals surface area contributed by atoms with E-state index in [0.29, 0.717) is 11.6 Å². The molecule has 0 heterocycles. The molecule has 0 aromatic heterocycles. The maximum absolute atomic E-state index is 6.13. The van der Waals surface area contributed by atoms with E-state index < -0.39 is 0 Å². The van der Waals surface area contributed by atoms with Gasteiger partial charge in [0.25, 0.3) is 0 Å². The minimum absolute atomic E-state index is 0.686. The number of hydrogen-bond acceptors (Lipinski definition) is 1. The number of benzene rings is 2. The lowest BCUT2D eigenvalue weighted by Crippen LogP contribution is -2.00. The van der Waals surface area contributed by atoms with Crippen molar-refractivity contribution in [3.05, 3.63) is 60.4 Å². The Labute approximate surface area is 139 Å². The van der Waals surface area contributed by atoms with Crippen LogP contribution >= 0.6 is 55.1 Å². The highest BCUT2D eigenvalue weighted by Gasteiger charge is 2.05. The molecule has 2 aromatic rings. The molecule has 1 nitrogen and oxygen atoms in total. The lowest BCUT2D eigenvalue weighted by atomic mass is 10.2. The molecule has 0 aliphatic rings. The smallest absolute Gasteiger partial charge is 0.0551 e. The summed E-state index contributed by atoms with van der Waals surface area (Å²) in [6.45, 7) is 2.66. The Hall–Kier alpha value is -0.220. The first-order chi connectivity index (χ1) is 8.97. The summed E-state index contributed by atoms with van der Waals surface area (Å²) in [7, 11) is 0. The highest BCUT2D eigenvalue weighted by molar-refractivity contribution is 9.11. The summed E-state index contributed by atoms with van der Waals surface area (Å²) in [5.74, 6) is 0. The Bertz CT molecular complexity index is 615. The Morgan fingerprint density at radius 2 is 1.74 bits per heavy atom. The molecule has 2 aromatic carbocycles. The van der Waals surface area contributed by atoms with E-state index in [-0.39, 0.29) is 0 Å². The molecule has 0 aliphatic heterocycles. The zero-order chi connectivity index (χ0) is 14.0. The molecule has 0 spiro atoms. The summed E-state index contributed by atoms with van der Waals surface area (Å²) in [6.07, 6.45) is 0. The molecule has 0 saturated heterocycles. The second-order valence-corrected chi connectivity index (χ2v) is 6.71. The van der Waals surface area contributed by atoms with Crippen molar-refractivity contribution in [2.24, 2.45) is 0 Å². The predicted octanol–water partition coefficient (Wildman–Crippen LogP) is 6.44. The van der Waals surface area contributed by atoms with Gasteiger partial charge in [0.05, 0.1) is 10.7 Å². The third-order valence-corrected chi connectivity index (χ3v) is 5.01. The van der Waals surface area contributed by atoms with Crippen LogP contribution in [-0.2, 0) is 6.54 Å². The van der Waals surface area contributed by atoms with Gasteiger partial charge in [-0.1, -0.05) is 29.3 Å². The van der Waals surface area contributed by atoms with Crippen molar-refractivity contribution < 1.29 is 0 Å². The van der Waals surface area contributed by atoms with Crippen LogP contribution in [0.15, 0.2) is 39.3 Å². The van der Waals surface area contributed by atoms with Crippen LogP contribution in [0.1, 0.15) is 11.1 Å². The van der Waals surface area contributed by atoms with Crippen molar-refractivity contribution in [1.29, 1.82) is 0 Å². The van der Waals surface area contributed by atoms with Gasteiger partial charge in [-0.3, -0.25) is 0 Å². The summed E-state index contributed by atoms with van der Waals surface area (Å²) < 4.78 is 1.90. The quantitative estimate of drug-likeness (QED) is 0.599. The van der Waals surface area contributed by atoms with E-state index in [2.05, 4.69) is 37.2 Å². The second-order valence-electron chi connectivity index (χ2n) is 4.18. The SMILES string of the molecule is Cc1cc(Br)c(NCc2ccc(Br)c(Cl)c2)cc1Cl. The second kappa shape index (κ2) is 6.49. The lowest BCUT2D eigenvalue weighted by molar-refractivity contribution is 1.14. The van der Waals surface area contributed by atoms with Gasteiger partial charge in [-0.15, -0.1) is 0 Å². The molecule has 0 saturated carbocycles. The van der Waals surface area contributed by atoms with Crippen molar-refractivity contribution in [1.82, 2.24) is 0 Å². The molecule has 0 fully saturated rings. The van der Waals surface area contributed by atoms with Crippen LogP contribution in [0.25, 0.3) is 0 Å². The van der Waals surface area contributed by atoms with Gasteiger partial charge in [0.15, 0.2) is 0 Å². The maximum Gasteiger partial charge on any atom is 0.0551 e. The summed E-state index contributed by atoms with van der Waals surface area (Å²) in [6, 6.07) is 9.81. The van der Waals surface area contributed by atoms with E-state index in [9.17, 15) is 0 Å². The number of hydrogen-bond donors (Lipinski definition) is 1. The number of halogens is 4. The number of anilines is 1. The van der Waals surface area contributed by atoms with Crippen LogP contribution in [0, 0.1) is 6.92 Å². The van der Waals surface area contributed by atoms with E-state index >= 15 is 0 Å². The van der Waals surface area contributed by atoms with Gasteiger partial charge >= 0.3 is 0 Å². The number of rotatable bonds is 3. The van der Waals surface area contributed by atoms with Crippen LogP contribution in [0.5, 0.6) is 0 Å². The normalized spacial score (nSPS) is 10.6. The van der Waals surface area contributed by atoms with E-state index in [0.717, 1.165) is 30.8 Å². The van der Waals surface area contributed by atoms with Crippen LogP contribution < -0.4 is 5.32 Å². The molecule has 0 bridgehead atoms. The minimum atomic E-state index is 0.686. The van der Waals surface area contributed by atoms with Crippen molar-refractivity contribution in [3.63, 3.8) is 0 Å². The fourth-order valence-electron chi connectivity index (χ4n) is 1.63. The minimum Gasteiger partial charge on any atom is -0.380 e. The Morgan fingerprint density at radius 1 is 1.00 bits per heavy atom. The number of nitrogens with one attached hydrogen (secondary N) is 1.